The van der Waals surface area contributed by atoms with Crippen LogP contribution in [0, 0.1) is 13.8 Å². The van der Waals surface area contributed by atoms with Gasteiger partial charge in [0, 0.05) is 23.1 Å². The molecule has 2 fully saturated rings. The number of benzene rings is 1. The molecule has 1 aliphatic carbocycles. The van der Waals surface area contributed by atoms with Gasteiger partial charge in [0.15, 0.2) is 0 Å². The van der Waals surface area contributed by atoms with Crippen molar-refractivity contribution in [1.82, 2.24) is 14.8 Å². The number of hydrogen-bond donors (Lipinski definition) is 2. The van der Waals surface area contributed by atoms with Crippen molar-refractivity contribution in [1.29, 1.82) is 0 Å². The maximum Gasteiger partial charge on any atom is 0.335 e. The molecule has 0 bridgehead atoms. The van der Waals surface area contributed by atoms with Crippen LogP contribution in [0.4, 0.5) is 4.79 Å². The van der Waals surface area contributed by atoms with Crippen molar-refractivity contribution in [3.05, 3.63) is 58.4 Å². The smallest absolute Gasteiger partial charge is 0.335 e. The number of aromatic nitrogens is 1. The fraction of sp³-hybridized carbons (Fsp3) is 0.333. The molecule has 2 heterocycles. The van der Waals surface area contributed by atoms with Crippen LogP contribution in [0.5, 0.6) is 0 Å². The molecule has 2 N–H and O–H groups in total. The summed E-state index contributed by atoms with van der Waals surface area (Å²) in [6.07, 6.45) is 6.03. The highest BCUT2D eigenvalue weighted by atomic mass is 16.4. The number of carboxylic acids is 1. The first-order valence-corrected chi connectivity index (χ1v) is 10.7. The number of carbonyl (C=O) groups is 4. The highest BCUT2D eigenvalue weighted by molar-refractivity contribution is 6.31. The van der Waals surface area contributed by atoms with E-state index in [0.29, 0.717) is 5.56 Å². The number of rotatable bonds is 4. The molecule has 166 valence electrons. The third-order valence-corrected chi connectivity index (χ3v) is 6.22. The molecule has 1 aromatic heterocycles. The fourth-order valence-corrected chi connectivity index (χ4v) is 4.58. The summed E-state index contributed by atoms with van der Waals surface area (Å²) in [5.41, 5.74) is 3.24. The Morgan fingerprint density at radius 2 is 1.72 bits per heavy atom. The molecule has 8 heteroatoms. The summed E-state index contributed by atoms with van der Waals surface area (Å²) in [4.78, 5) is 50.4. The summed E-state index contributed by atoms with van der Waals surface area (Å²) in [6.45, 7) is 3.75. The maximum absolute atomic E-state index is 13.1. The van der Waals surface area contributed by atoms with E-state index in [1.807, 2.05) is 24.5 Å². The van der Waals surface area contributed by atoms with E-state index in [2.05, 4.69) is 5.32 Å². The predicted octanol–water partition coefficient (Wildman–Crippen LogP) is 3.59. The number of nitrogens with one attached hydrogen (secondary N) is 1. The molecule has 0 unspecified atom stereocenters. The van der Waals surface area contributed by atoms with Crippen LogP contribution in [0.1, 0.15) is 59.4 Å². The van der Waals surface area contributed by atoms with Gasteiger partial charge in [-0.25, -0.2) is 9.59 Å². The van der Waals surface area contributed by atoms with Crippen molar-refractivity contribution in [2.45, 2.75) is 52.0 Å². The summed E-state index contributed by atoms with van der Waals surface area (Å²) in [5, 5.41) is 11.4. The molecule has 1 aromatic carbocycles. The average molecular weight is 435 g/mol. The second-order valence-corrected chi connectivity index (χ2v) is 8.30. The Morgan fingerprint density at radius 3 is 2.34 bits per heavy atom. The van der Waals surface area contributed by atoms with E-state index >= 15 is 0 Å². The predicted molar refractivity (Wildman–Crippen MR) is 117 cm³/mol. The SMILES string of the molecule is Cc1cc(C=C2C(=O)NC(=O)N(C3CCCCC3)C2=O)c(C)n1-c1ccc(C(=O)O)cc1. The zero-order chi connectivity index (χ0) is 23.0. The third-order valence-electron chi connectivity index (χ3n) is 6.22. The number of nitrogens with zero attached hydrogens (tertiary/aromatic N) is 2. The molecule has 1 aliphatic heterocycles. The Labute approximate surface area is 185 Å². The molecule has 1 saturated carbocycles. The quantitative estimate of drug-likeness (QED) is 0.564. The van der Waals surface area contributed by atoms with Crippen molar-refractivity contribution in [3.63, 3.8) is 0 Å². The Kier molecular flexibility index (Phi) is 5.69. The van der Waals surface area contributed by atoms with Gasteiger partial charge in [-0.15, -0.1) is 0 Å². The Balaban J connectivity index is 1.69. The van der Waals surface area contributed by atoms with Gasteiger partial charge in [0.1, 0.15) is 5.57 Å². The summed E-state index contributed by atoms with van der Waals surface area (Å²) >= 11 is 0. The molecule has 8 nitrogen and oxygen atoms in total. The highest BCUT2D eigenvalue weighted by Gasteiger charge is 2.40. The Hall–Kier alpha value is -3.68. The third kappa shape index (κ3) is 3.84. The second kappa shape index (κ2) is 8.45. The minimum atomic E-state index is -0.998. The first-order valence-electron chi connectivity index (χ1n) is 10.7. The van der Waals surface area contributed by atoms with Crippen LogP contribution in [-0.4, -0.2) is 44.4 Å². The zero-order valence-corrected chi connectivity index (χ0v) is 18.1. The van der Waals surface area contributed by atoms with Gasteiger partial charge in [0.2, 0.25) is 0 Å². The van der Waals surface area contributed by atoms with E-state index in [0.717, 1.165) is 49.2 Å². The lowest BCUT2D eigenvalue weighted by Crippen LogP contribution is -2.58. The molecule has 4 rings (SSSR count). The number of carbonyl (C=O) groups excluding carboxylic acids is 3. The van der Waals surface area contributed by atoms with Crippen molar-refractivity contribution < 1.29 is 24.3 Å². The number of carboxylic acid groups (broad SMARTS) is 1. The number of aryl methyl sites for hydroxylation is 1. The molecule has 4 amide bonds. The van der Waals surface area contributed by atoms with Gasteiger partial charge in [-0.2, -0.15) is 0 Å². The lowest BCUT2D eigenvalue weighted by Gasteiger charge is -2.35. The summed E-state index contributed by atoms with van der Waals surface area (Å²) in [6, 6.07) is 7.50. The Bertz CT molecular complexity index is 1140. The van der Waals surface area contributed by atoms with Gasteiger partial charge in [0.05, 0.1) is 5.56 Å². The molecule has 1 saturated heterocycles. The second-order valence-electron chi connectivity index (χ2n) is 8.30. The fourth-order valence-electron chi connectivity index (χ4n) is 4.58. The first kappa shape index (κ1) is 21.5. The Morgan fingerprint density at radius 1 is 1.06 bits per heavy atom. The summed E-state index contributed by atoms with van der Waals surface area (Å²) in [5.74, 6) is -2.24. The number of urea groups is 1. The van der Waals surface area contributed by atoms with E-state index < -0.39 is 23.8 Å². The average Bonchev–Trinajstić information content (AvgIpc) is 3.04. The molecule has 2 aliphatic rings. The molecular weight excluding hydrogens is 410 g/mol. The van der Waals surface area contributed by atoms with Crippen LogP contribution in [0.2, 0.25) is 0 Å². The number of barbiturate groups is 1. The number of aromatic carboxylic acids is 1. The lowest BCUT2D eigenvalue weighted by molar-refractivity contribution is -0.132. The molecule has 0 radical (unpaired) electrons. The van der Waals surface area contributed by atoms with Crippen molar-refractivity contribution in [2.75, 3.05) is 0 Å². The summed E-state index contributed by atoms with van der Waals surface area (Å²) in [7, 11) is 0. The van der Waals surface area contributed by atoms with E-state index in [1.165, 1.54) is 23.1 Å². The van der Waals surface area contributed by atoms with E-state index in [-0.39, 0.29) is 17.2 Å². The molecule has 0 atom stereocenters. The normalized spacial score (nSPS) is 18.9. The van der Waals surface area contributed by atoms with E-state index in [9.17, 15) is 19.2 Å². The van der Waals surface area contributed by atoms with Crippen molar-refractivity contribution >= 4 is 29.9 Å². The number of hydrogen-bond acceptors (Lipinski definition) is 4. The number of imide groups is 2. The number of amides is 4. The minimum Gasteiger partial charge on any atom is -0.478 e. The first-order chi connectivity index (χ1) is 15.3. The largest absolute Gasteiger partial charge is 0.478 e. The molecular formula is C24H25N3O5. The molecule has 0 spiro atoms. The molecule has 32 heavy (non-hydrogen) atoms. The van der Waals surface area contributed by atoms with Crippen LogP contribution < -0.4 is 5.32 Å². The maximum atomic E-state index is 13.1. The van der Waals surface area contributed by atoms with Crippen LogP contribution in [-0.2, 0) is 9.59 Å². The van der Waals surface area contributed by atoms with Crippen molar-refractivity contribution in [2.24, 2.45) is 0 Å². The van der Waals surface area contributed by atoms with Gasteiger partial charge in [0.25, 0.3) is 11.8 Å². The lowest BCUT2D eigenvalue weighted by atomic mass is 9.93. The van der Waals surface area contributed by atoms with Crippen LogP contribution in [0.25, 0.3) is 11.8 Å². The van der Waals surface area contributed by atoms with Gasteiger partial charge in [-0.3, -0.25) is 19.8 Å². The van der Waals surface area contributed by atoms with Gasteiger partial charge in [-0.05, 0) is 68.7 Å². The summed E-state index contributed by atoms with van der Waals surface area (Å²) < 4.78 is 1.92. The van der Waals surface area contributed by atoms with Crippen molar-refractivity contribution in [3.8, 4) is 5.69 Å². The van der Waals surface area contributed by atoms with E-state index in [1.54, 1.807) is 12.1 Å². The topological polar surface area (TPSA) is 109 Å². The van der Waals surface area contributed by atoms with Gasteiger partial charge >= 0.3 is 12.0 Å². The minimum absolute atomic E-state index is 0.0587. The standard InChI is InChI=1S/C24H25N3O5/c1-14-12-17(15(2)26(14)19-10-8-16(9-11-19)23(30)31)13-20-21(28)25-24(32)27(22(20)29)18-6-4-3-5-7-18/h8-13,18H,3-7H2,1-2H3,(H,30,31)(H,25,28,32). The van der Waals surface area contributed by atoms with E-state index in [4.69, 9.17) is 5.11 Å². The highest BCUT2D eigenvalue weighted by Crippen LogP contribution is 2.28. The van der Waals surface area contributed by atoms with Crippen LogP contribution >= 0.6 is 0 Å². The van der Waals surface area contributed by atoms with Gasteiger partial charge < -0.3 is 9.67 Å². The van der Waals surface area contributed by atoms with Crippen LogP contribution in [0.3, 0.4) is 0 Å². The monoisotopic (exact) mass is 435 g/mol. The van der Waals surface area contributed by atoms with Gasteiger partial charge in [-0.1, -0.05) is 19.3 Å². The molecule has 2 aromatic rings. The van der Waals surface area contributed by atoms with Crippen LogP contribution in [0.15, 0.2) is 35.9 Å². The zero-order valence-electron chi connectivity index (χ0n) is 18.1.